The molecule has 0 bridgehead atoms. The molecule has 1 unspecified atom stereocenters. The molecule has 2 rings (SSSR count). The number of benzene rings is 1. The average molecular weight is 537 g/mol. The van der Waals surface area contributed by atoms with Crippen molar-refractivity contribution in [2.75, 3.05) is 19.5 Å². The van der Waals surface area contributed by atoms with E-state index in [4.69, 9.17) is 10.1 Å². The van der Waals surface area contributed by atoms with E-state index in [-0.39, 0.29) is 12.1 Å². The number of anilines is 1. The lowest BCUT2D eigenvalue weighted by Gasteiger charge is -2.18. The van der Waals surface area contributed by atoms with E-state index in [1.165, 1.54) is 12.8 Å². The fourth-order valence-corrected chi connectivity index (χ4v) is 2.76. The number of hydrogen-bond acceptors (Lipinski definition) is 6. The topological polar surface area (TPSA) is 87.1 Å². The van der Waals surface area contributed by atoms with E-state index in [9.17, 15) is 4.79 Å². The number of ether oxygens (including phenoxy) is 1. The van der Waals surface area contributed by atoms with Crippen LogP contribution in [-0.4, -0.2) is 37.0 Å². The summed E-state index contributed by atoms with van der Waals surface area (Å²) in [6, 6.07) is 13.5. The molecule has 0 fully saturated rings. The summed E-state index contributed by atoms with van der Waals surface area (Å²) in [5, 5.41) is 15.8. The molecule has 7 heteroatoms. The SMILES string of the molecule is CCC(Nc1ccccc1C(=N)/C=C/c1ccccn1)OC.CCCC.CNC(=O)/C(C)=C/C=C\C=C\S. The van der Waals surface area contributed by atoms with Crippen LogP contribution in [0.25, 0.3) is 6.08 Å². The lowest BCUT2D eigenvalue weighted by atomic mass is 10.1. The highest BCUT2D eigenvalue weighted by molar-refractivity contribution is 7.83. The fourth-order valence-electron chi connectivity index (χ4n) is 2.66. The van der Waals surface area contributed by atoms with E-state index >= 15 is 0 Å². The van der Waals surface area contributed by atoms with Crippen LogP contribution in [0.3, 0.4) is 0 Å². The first kappa shape index (κ1) is 34.6. The van der Waals surface area contributed by atoms with Crippen LogP contribution in [0.4, 0.5) is 5.69 Å². The number of rotatable bonds is 11. The molecule has 38 heavy (non-hydrogen) atoms. The van der Waals surface area contributed by atoms with Gasteiger partial charge in [0.25, 0.3) is 0 Å². The number of aromatic nitrogens is 1. The van der Waals surface area contributed by atoms with E-state index in [1.807, 2.05) is 48.5 Å². The highest BCUT2D eigenvalue weighted by Crippen LogP contribution is 2.18. The first-order chi connectivity index (χ1) is 18.4. The van der Waals surface area contributed by atoms with Gasteiger partial charge in [-0.2, -0.15) is 12.6 Å². The van der Waals surface area contributed by atoms with E-state index in [0.717, 1.165) is 23.4 Å². The molecule has 1 heterocycles. The number of allylic oxidation sites excluding steroid dienone is 5. The zero-order valence-corrected chi connectivity index (χ0v) is 24.5. The maximum atomic E-state index is 10.9. The largest absolute Gasteiger partial charge is 0.362 e. The zero-order valence-electron chi connectivity index (χ0n) is 23.6. The summed E-state index contributed by atoms with van der Waals surface area (Å²) >= 11 is 3.87. The Morgan fingerprint density at radius 2 is 1.76 bits per heavy atom. The smallest absolute Gasteiger partial charge is 0.246 e. The summed E-state index contributed by atoms with van der Waals surface area (Å²) in [5.41, 5.74) is 3.68. The summed E-state index contributed by atoms with van der Waals surface area (Å²) < 4.78 is 5.36. The molecule has 3 N–H and O–H groups in total. The van der Waals surface area contributed by atoms with Crippen molar-refractivity contribution in [3.63, 3.8) is 0 Å². The van der Waals surface area contributed by atoms with Gasteiger partial charge in [0.1, 0.15) is 6.23 Å². The molecule has 1 aromatic carbocycles. The molecule has 0 aliphatic carbocycles. The third-order valence-electron chi connectivity index (χ3n) is 5.04. The second-order valence-corrected chi connectivity index (χ2v) is 8.28. The lowest BCUT2D eigenvalue weighted by molar-refractivity contribution is -0.116. The van der Waals surface area contributed by atoms with Crippen LogP contribution in [0.2, 0.25) is 0 Å². The molecule has 206 valence electrons. The molecule has 0 aliphatic heterocycles. The molecule has 2 aromatic rings. The first-order valence-electron chi connectivity index (χ1n) is 12.8. The number of nitrogens with zero attached hydrogens (tertiary/aromatic N) is 1. The molecule has 1 aromatic heterocycles. The van der Waals surface area contributed by atoms with Crippen molar-refractivity contribution in [1.29, 1.82) is 5.41 Å². The molecule has 6 nitrogen and oxygen atoms in total. The molecular weight excluding hydrogens is 492 g/mol. The highest BCUT2D eigenvalue weighted by atomic mass is 32.1. The highest BCUT2D eigenvalue weighted by Gasteiger charge is 2.09. The first-order valence-corrected chi connectivity index (χ1v) is 13.3. The summed E-state index contributed by atoms with van der Waals surface area (Å²) in [6.07, 6.45) is 15.9. The summed E-state index contributed by atoms with van der Waals surface area (Å²) in [6.45, 7) is 8.17. The number of thiol groups is 1. The van der Waals surface area contributed by atoms with Gasteiger partial charge < -0.3 is 20.8 Å². The third kappa shape index (κ3) is 15.6. The summed E-state index contributed by atoms with van der Waals surface area (Å²) in [7, 11) is 3.28. The van der Waals surface area contributed by atoms with Crippen LogP contribution in [-0.2, 0) is 9.53 Å². The maximum Gasteiger partial charge on any atom is 0.246 e. The average Bonchev–Trinajstić information content (AvgIpc) is 2.97. The normalized spacial score (nSPS) is 11.9. The number of methoxy groups -OCH3 is 1. The number of unbranched alkanes of at least 4 members (excludes halogenated alkanes) is 1. The monoisotopic (exact) mass is 536 g/mol. The van der Waals surface area contributed by atoms with E-state index in [1.54, 1.807) is 63.1 Å². The van der Waals surface area contributed by atoms with Gasteiger partial charge in [-0.15, -0.1) is 0 Å². The molecule has 0 saturated heterocycles. The predicted molar refractivity (Wildman–Crippen MR) is 167 cm³/mol. The quantitative estimate of drug-likeness (QED) is 0.0790. The van der Waals surface area contributed by atoms with E-state index < -0.39 is 0 Å². The molecule has 0 radical (unpaired) electrons. The van der Waals surface area contributed by atoms with Gasteiger partial charge in [-0.05, 0) is 49.1 Å². The van der Waals surface area contributed by atoms with Gasteiger partial charge in [-0.25, -0.2) is 0 Å². The second kappa shape index (κ2) is 22.8. The molecule has 0 saturated carbocycles. The van der Waals surface area contributed by atoms with Crippen LogP contribution >= 0.6 is 12.6 Å². The van der Waals surface area contributed by atoms with E-state index in [2.05, 4.69) is 49.0 Å². The van der Waals surface area contributed by atoms with Crippen LogP contribution in [0.1, 0.15) is 58.2 Å². The Morgan fingerprint density at radius 3 is 2.32 bits per heavy atom. The summed E-state index contributed by atoms with van der Waals surface area (Å²) in [4.78, 5) is 15.2. The zero-order chi connectivity index (χ0) is 28.6. The Balaban J connectivity index is 0.000000721. The Bertz CT molecular complexity index is 1040. The number of amides is 1. The predicted octanol–water partition coefficient (Wildman–Crippen LogP) is 7.44. The minimum absolute atomic E-state index is 0.0606. The van der Waals surface area contributed by atoms with Gasteiger partial charge >= 0.3 is 0 Å². The minimum Gasteiger partial charge on any atom is -0.362 e. The van der Waals surface area contributed by atoms with Crippen molar-refractivity contribution in [3.8, 4) is 0 Å². The van der Waals surface area contributed by atoms with Gasteiger partial charge in [0.2, 0.25) is 5.91 Å². The molecule has 1 atom stereocenters. The van der Waals surface area contributed by atoms with Gasteiger partial charge in [0, 0.05) is 37.2 Å². The van der Waals surface area contributed by atoms with Crippen molar-refractivity contribution in [2.45, 2.75) is 53.2 Å². The van der Waals surface area contributed by atoms with Crippen LogP contribution in [0.5, 0.6) is 0 Å². The van der Waals surface area contributed by atoms with E-state index in [0.29, 0.717) is 11.3 Å². The maximum absolute atomic E-state index is 10.9. The fraction of sp³-hybridized carbons (Fsp3) is 0.323. The van der Waals surface area contributed by atoms with Crippen molar-refractivity contribution in [1.82, 2.24) is 10.3 Å². The number of carbonyl (C=O) groups is 1. The molecule has 1 amide bonds. The van der Waals surface area contributed by atoms with Gasteiger partial charge in [-0.1, -0.05) is 82.2 Å². The number of carbonyl (C=O) groups excluding carboxylic acids is 1. The standard InChI is InChI=1S/C18H21N3O.C9H13NOS.C4H10/c1-3-18(22-2)21-17-10-5-4-9-15(17)16(19)12-11-14-8-6-7-13-20-14;1-8(9(11)10-2)6-4-3-5-7-12;1-3-4-2/h4-13,18-19,21H,3H2,1-2H3;3-7,12H,1-2H3,(H,10,11);3-4H2,1-2H3/b12-11+,19-16?;4-3-,7-5+,8-6+;. The number of pyridine rings is 1. The number of para-hydroxylation sites is 1. The molecular formula is C31H44N4O2S. The minimum atomic E-state index is -0.0614. The van der Waals surface area contributed by atoms with Gasteiger partial charge in [0.15, 0.2) is 0 Å². The van der Waals surface area contributed by atoms with Crippen molar-refractivity contribution < 1.29 is 9.53 Å². The Hall–Kier alpha value is -3.42. The number of likely N-dealkylation sites (N-methyl/N-ethyl adjacent to an activating group) is 1. The third-order valence-corrected chi connectivity index (χ3v) is 5.21. The summed E-state index contributed by atoms with van der Waals surface area (Å²) in [5.74, 6) is -0.0606. The Kier molecular flexibility index (Phi) is 20.7. The molecule has 0 aliphatic rings. The van der Waals surface area contributed by atoms with Crippen molar-refractivity contribution in [2.24, 2.45) is 0 Å². The van der Waals surface area contributed by atoms with Crippen LogP contribution in [0, 0.1) is 5.41 Å². The van der Waals surface area contributed by atoms with Gasteiger partial charge in [-0.3, -0.25) is 9.78 Å². The molecule has 0 spiro atoms. The Morgan fingerprint density at radius 1 is 1.08 bits per heavy atom. The van der Waals surface area contributed by atoms with Crippen LogP contribution < -0.4 is 10.6 Å². The van der Waals surface area contributed by atoms with Gasteiger partial charge in [0.05, 0.1) is 11.4 Å². The second-order valence-electron chi connectivity index (χ2n) is 7.98. The van der Waals surface area contributed by atoms with Crippen molar-refractivity contribution >= 4 is 36.0 Å². The lowest BCUT2D eigenvalue weighted by Crippen LogP contribution is -2.21. The number of hydrogen-bond donors (Lipinski definition) is 4. The van der Waals surface area contributed by atoms with Crippen molar-refractivity contribution in [3.05, 3.63) is 101 Å². The number of nitrogens with one attached hydrogen (secondary N) is 3. The Labute approximate surface area is 234 Å². The van der Waals surface area contributed by atoms with Crippen LogP contribution in [0.15, 0.2) is 90.0 Å².